The van der Waals surface area contributed by atoms with Crippen LogP contribution in [0.25, 0.3) is 0 Å². The Labute approximate surface area is 138 Å². The molecule has 2 heteroatoms. The van der Waals surface area contributed by atoms with E-state index in [0.29, 0.717) is 0 Å². The summed E-state index contributed by atoms with van der Waals surface area (Å²) >= 11 is 0. The minimum atomic E-state index is 0.753. The number of hydrogen-bond acceptors (Lipinski definition) is 2. The quantitative estimate of drug-likeness (QED) is 0.807. The van der Waals surface area contributed by atoms with Crippen LogP contribution in [0.4, 0.5) is 0 Å². The van der Waals surface area contributed by atoms with Crippen LogP contribution in [0, 0.1) is 17.8 Å². The van der Waals surface area contributed by atoms with E-state index >= 15 is 0 Å². The largest absolute Gasteiger partial charge is 0.312 e. The van der Waals surface area contributed by atoms with Crippen molar-refractivity contribution < 1.29 is 0 Å². The number of likely N-dealkylation sites (tertiary alicyclic amines) is 1. The smallest absolute Gasteiger partial charge is 0.0198 e. The highest BCUT2D eigenvalue weighted by Crippen LogP contribution is 2.31. The second-order valence-electron chi connectivity index (χ2n) is 8.74. The van der Waals surface area contributed by atoms with Crippen LogP contribution < -0.4 is 5.32 Å². The van der Waals surface area contributed by atoms with Crippen molar-refractivity contribution in [2.75, 3.05) is 19.6 Å². The van der Waals surface area contributed by atoms with E-state index in [2.05, 4.69) is 24.1 Å². The number of piperidine rings is 1. The van der Waals surface area contributed by atoms with Crippen LogP contribution in [-0.2, 0) is 0 Å². The van der Waals surface area contributed by atoms with Gasteiger partial charge in [-0.2, -0.15) is 0 Å². The summed E-state index contributed by atoms with van der Waals surface area (Å²) in [5.74, 6) is 2.70. The molecule has 2 nitrogen and oxygen atoms in total. The Hall–Kier alpha value is -0.0800. The molecule has 0 aromatic rings. The molecule has 1 saturated heterocycles. The first kappa shape index (κ1) is 16.8. The minimum absolute atomic E-state index is 0.753. The summed E-state index contributed by atoms with van der Waals surface area (Å²) in [6.45, 7) is 8.83. The van der Waals surface area contributed by atoms with E-state index in [1.165, 1.54) is 83.8 Å². The summed E-state index contributed by atoms with van der Waals surface area (Å²) in [6.07, 6.45) is 14.6. The molecule has 128 valence electrons. The second kappa shape index (κ2) is 8.15. The predicted octanol–water partition coefficient (Wildman–Crippen LogP) is 4.45. The lowest BCUT2D eigenvalue weighted by molar-refractivity contribution is 0.0779. The summed E-state index contributed by atoms with van der Waals surface area (Å²) < 4.78 is 0. The highest BCUT2D eigenvalue weighted by Gasteiger charge is 2.33. The van der Waals surface area contributed by atoms with Crippen molar-refractivity contribution in [3.05, 3.63) is 0 Å². The lowest BCUT2D eigenvalue weighted by Gasteiger charge is -2.43. The monoisotopic (exact) mass is 306 g/mol. The Morgan fingerprint density at radius 2 is 1.59 bits per heavy atom. The zero-order chi connectivity index (χ0) is 15.4. The van der Waals surface area contributed by atoms with Gasteiger partial charge in [-0.15, -0.1) is 0 Å². The van der Waals surface area contributed by atoms with Crippen molar-refractivity contribution in [2.45, 2.75) is 90.1 Å². The number of nitrogens with zero attached hydrogens (tertiary/aromatic N) is 1. The molecule has 1 heterocycles. The fourth-order valence-electron chi connectivity index (χ4n) is 5.10. The molecule has 0 amide bonds. The van der Waals surface area contributed by atoms with Gasteiger partial charge in [-0.05, 0) is 56.4 Å². The molecule has 0 aromatic carbocycles. The predicted molar refractivity (Wildman–Crippen MR) is 95.1 cm³/mol. The van der Waals surface area contributed by atoms with Gasteiger partial charge in [-0.1, -0.05) is 46.0 Å². The molecule has 22 heavy (non-hydrogen) atoms. The van der Waals surface area contributed by atoms with Gasteiger partial charge in [0.05, 0.1) is 0 Å². The van der Waals surface area contributed by atoms with Gasteiger partial charge < -0.3 is 5.32 Å². The molecule has 0 radical (unpaired) electrons. The van der Waals surface area contributed by atoms with E-state index in [9.17, 15) is 0 Å². The van der Waals surface area contributed by atoms with Crippen molar-refractivity contribution in [2.24, 2.45) is 17.8 Å². The lowest BCUT2D eigenvalue weighted by Crippen LogP contribution is -2.53. The third-order valence-corrected chi connectivity index (χ3v) is 6.72. The van der Waals surface area contributed by atoms with Crippen LogP contribution in [0.2, 0.25) is 0 Å². The Kier molecular flexibility index (Phi) is 6.21. The molecular weight excluding hydrogens is 268 g/mol. The third-order valence-electron chi connectivity index (χ3n) is 6.72. The highest BCUT2D eigenvalue weighted by atomic mass is 15.2. The number of rotatable bonds is 5. The van der Waals surface area contributed by atoms with Crippen LogP contribution in [0.3, 0.4) is 0 Å². The molecule has 3 rings (SSSR count). The Morgan fingerprint density at radius 3 is 2.27 bits per heavy atom. The van der Waals surface area contributed by atoms with Crippen molar-refractivity contribution in [3.63, 3.8) is 0 Å². The first-order valence-electron chi connectivity index (χ1n) is 10.2. The molecule has 2 unspecified atom stereocenters. The van der Waals surface area contributed by atoms with Gasteiger partial charge in [0.15, 0.2) is 0 Å². The average Bonchev–Trinajstić information content (AvgIpc) is 3.08. The molecule has 0 aromatic heterocycles. The Bertz CT molecular complexity index is 316. The van der Waals surface area contributed by atoms with Crippen LogP contribution in [-0.4, -0.2) is 36.6 Å². The van der Waals surface area contributed by atoms with Crippen LogP contribution in [0.15, 0.2) is 0 Å². The zero-order valence-corrected chi connectivity index (χ0v) is 15.0. The third kappa shape index (κ3) is 4.47. The minimum Gasteiger partial charge on any atom is -0.312 e. The maximum Gasteiger partial charge on any atom is 0.0198 e. The molecule has 3 aliphatic rings. The topological polar surface area (TPSA) is 15.3 Å². The maximum absolute atomic E-state index is 3.99. The van der Waals surface area contributed by atoms with Gasteiger partial charge in [-0.3, -0.25) is 4.90 Å². The first-order chi connectivity index (χ1) is 10.7. The molecule has 1 aliphatic heterocycles. The normalized spacial score (nSPS) is 32.9. The molecular formula is C20H38N2. The van der Waals surface area contributed by atoms with Crippen molar-refractivity contribution in [1.29, 1.82) is 0 Å². The highest BCUT2D eigenvalue weighted by molar-refractivity contribution is 4.90. The van der Waals surface area contributed by atoms with Gasteiger partial charge in [-0.25, -0.2) is 0 Å². The molecule has 0 spiro atoms. The SMILES string of the molecule is CC(C)C1CC(NCC2CCCCC2)CN(C2CCCC2)C1. The first-order valence-corrected chi connectivity index (χ1v) is 10.2. The Morgan fingerprint density at radius 1 is 0.909 bits per heavy atom. The fourth-order valence-corrected chi connectivity index (χ4v) is 5.10. The molecule has 2 atom stereocenters. The van der Waals surface area contributed by atoms with Crippen LogP contribution >= 0.6 is 0 Å². The molecule has 2 aliphatic carbocycles. The van der Waals surface area contributed by atoms with Crippen molar-refractivity contribution in [3.8, 4) is 0 Å². The molecule has 3 fully saturated rings. The summed E-state index contributed by atoms with van der Waals surface area (Å²) in [5, 5.41) is 3.99. The summed E-state index contributed by atoms with van der Waals surface area (Å²) in [6, 6.07) is 1.66. The van der Waals surface area contributed by atoms with Gasteiger partial charge >= 0.3 is 0 Å². The molecule has 1 N–H and O–H groups in total. The van der Waals surface area contributed by atoms with Crippen molar-refractivity contribution >= 4 is 0 Å². The summed E-state index contributed by atoms with van der Waals surface area (Å²) in [4.78, 5) is 2.86. The van der Waals surface area contributed by atoms with Crippen LogP contribution in [0.1, 0.15) is 78.1 Å². The van der Waals surface area contributed by atoms with Crippen molar-refractivity contribution in [1.82, 2.24) is 10.2 Å². The van der Waals surface area contributed by atoms with E-state index in [4.69, 9.17) is 0 Å². The van der Waals surface area contributed by atoms with Gasteiger partial charge in [0.2, 0.25) is 0 Å². The standard InChI is InChI=1S/C20H38N2/c1-16(2)18-12-19(21-13-17-8-4-3-5-9-17)15-22(14-18)20-10-6-7-11-20/h16-21H,3-15H2,1-2H3. The van der Waals surface area contributed by atoms with E-state index < -0.39 is 0 Å². The van der Waals surface area contributed by atoms with Gasteiger partial charge in [0, 0.05) is 25.2 Å². The van der Waals surface area contributed by atoms with Gasteiger partial charge in [0.1, 0.15) is 0 Å². The zero-order valence-electron chi connectivity index (χ0n) is 15.0. The van der Waals surface area contributed by atoms with E-state index in [0.717, 1.165) is 29.8 Å². The summed E-state index contributed by atoms with van der Waals surface area (Å²) in [5.41, 5.74) is 0. The Balaban J connectivity index is 1.52. The molecule has 2 saturated carbocycles. The van der Waals surface area contributed by atoms with E-state index in [-0.39, 0.29) is 0 Å². The lowest BCUT2D eigenvalue weighted by atomic mass is 9.84. The second-order valence-corrected chi connectivity index (χ2v) is 8.74. The van der Waals surface area contributed by atoms with E-state index in [1.54, 1.807) is 0 Å². The number of nitrogens with one attached hydrogen (secondary N) is 1. The molecule has 0 bridgehead atoms. The van der Waals surface area contributed by atoms with Crippen LogP contribution in [0.5, 0.6) is 0 Å². The summed E-state index contributed by atoms with van der Waals surface area (Å²) in [7, 11) is 0. The average molecular weight is 307 g/mol. The maximum atomic E-state index is 3.99. The fraction of sp³-hybridized carbons (Fsp3) is 1.00. The van der Waals surface area contributed by atoms with E-state index in [1.807, 2.05) is 0 Å². The number of hydrogen-bond donors (Lipinski definition) is 1. The van der Waals surface area contributed by atoms with Gasteiger partial charge in [0.25, 0.3) is 0 Å².